The lowest BCUT2D eigenvalue weighted by Crippen LogP contribution is -2.11. The zero-order valence-corrected chi connectivity index (χ0v) is 10.1. The highest BCUT2D eigenvalue weighted by Gasteiger charge is 2.24. The number of benzene rings is 1. The topological polar surface area (TPSA) is 35.2 Å². The molecule has 0 unspecified atom stereocenters. The van der Waals surface area contributed by atoms with Crippen LogP contribution >= 0.6 is 12.4 Å². The van der Waals surface area contributed by atoms with Crippen molar-refractivity contribution in [3.63, 3.8) is 0 Å². The maximum absolute atomic E-state index is 13.4. The van der Waals surface area contributed by atoms with E-state index in [2.05, 4.69) is 0 Å². The molecule has 1 aromatic rings. The Morgan fingerprint density at radius 3 is 2.69 bits per heavy atom. The predicted molar refractivity (Wildman–Crippen MR) is 64.5 cm³/mol. The summed E-state index contributed by atoms with van der Waals surface area (Å²) in [4.78, 5) is 0. The zero-order valence-electron chi connectivity index (χ0n) is 9.28. The highest BCUT2D eigenvalue weighted by atomic mass is 35.5. The first-order chi connectivity index (χ1) is 7.20. The minimum atomic E-state index is -0.332. The van der Waals surface area contributed by atoms with E-state index in [1.807, 2.05) is 6.07 Å². The third kappa shape index (κ3) is 3.09. The highest BCUT2D eigenvalue weighted by molar-refractivity contribution is 5.85. The molecule has 0 spiro atoms. The van der Waals surface area contributed by atoms with Crippen molar-refractivity contribution in [2.75, 3.05) is 7.11 Å². The van der Waals surface area contributed by atoms with Crippen molar-refractivity contribution in [3.8, 4) is 5.75 Å². The van der Waals surface area contributed by atoms with E-state index < -0.39 is 0 Å². The van der Waals surface area contributed by atoms with E-state index >= 15 is 0 Å². The standard InChI is InChI=1S/C12H16FNO.ClH/c1-15-12-5-4-9(7-10(12)13)11(14)6-8-2-3-8;/h4-5,7-8,11H,2-3,6,14H2,1H3;1H/t11-;/m1./s1. The number of methoxy groups -OCH3 is 1. The molecule has 2 N–H and O–H groups in total. The van der Waals surface area contributed by atoms with Gasteiger partial charge in [-0.3, -0.25) is 0 Å². The summed E-state index contributed by atoms with van der Waals surface area (Å²) < 4.78 is 18.2. The number of halogens is 2. The van der Waals surface area contributed by atoms with Gasteiger partial charge in [-0.25, -0.2) is 4.39 Å². The van der Waals surface area contributed by atoms with Crippen LogP contribution in [0.15, 0.2) is 18.2 Å². The van der Waals surface area contributed by atoms with Crippen molar-refractivity contribution in [2.45, 2.75) is 25.3 Å². The summed E-state index contributed by atoms with van der Waals surface area (Å²) in [6.07, 6.45) is 3.50. The molecule has 90 valence electrons. The van der Waals surface area contributed by atoms with E-state index in [1.54, 1.807) is 6.07 Å². The molecular weight excluding hydrogens is 229 g/mol. The molecule has 0 radical (unpaired) electrons. The minimum absolute atomic E-state index is 0. The average Bonchev–Trinajstić information content (AvgIpc) is 3.01. The van der Waals surface area contributed by atoms with Gasteiger partial charge in [0.25, 0.3) is 0 Å². The molecule has 0 aromatic heterocycles. The number of rotatable bonds is 4. The Morgan fingerprint density at radius 1 is 1.50 bits per heavy atom. The molecule has 0 aliphatic heterocycles. The van der Waals surface area contributed by atoms with Gasteiger partial charge in [-0.2, -0.15) is 0 Å². The molecule has 1 aliphatic rings. The van der Waals surface area contributed by atoms with Crippen molar-refractivity contribution >= 4 is 12.4 Å². The molecule has 1 aliphatic carbocycles. The molecule has 0 amide bonds. The third-order valence-corrected chi connectivity index (χ3v) is 2.89. The van der Waals surface area contributed by atoms with E-state index in [0.29, 0.717) is 0 Å². The second-order valence-corrected chi connectivity index (χ2v) is 4.18. The van der Waals surface area contributed by atoms with E-state index in [1.165, 1.54) is 26.0 Å². The van der Waals surface area contributed by atoms with Crippen LogP contribution < -0.4 is 10.5 Å². The summed E-state index contributed by atoms with van der Waals surface area (Å²) in [5.74, 6) is 0.698. The van der Waals surface area contributed by atoms with Gasteiger partial charge < -0.3 is 10.5 Å². The smallest absolute Gasteiger partial charge is 0.165 e. The van der Waals surface area contributed by atoms with Gasteiger partial charge in [0, 0.05) is 6.04 Å². The lowest BCUT2D eigenvalue weighted by atomic mass is 10.0. The zero-order chi connectivity index (χ0) is 10.8. The molecule has 16 heavy (non-hydrogen) atoms. The lowest BCUT2D eigenvalue weighted by Gasteiger charge is -2.12. The van der Waals surface area contributed by atoms with Gasteiger partial charge in [-0.15, -0.1) is 12.4 Å². The number of ether oxygens (including phenoxy) is 1. The Bertz CT molecular complexity index is 355. The Kier molecular flexibility index (Phi) is 4.56. The molecule has 1 saturated carbocycles. The lowest BCUT2D eigenvalue weighted by molar-refractivity contribution is 0.385. The third-order valence-electron chi connectivity index (χ3n) is 2.89. The summed E-state index contributed by atoms with van der Waals surface area (Å²) in [7, 11) is 1.46. The molecular formula is C12H17ClFNO. The average molecular weight is 246 g/mol. The quantitative estimate of drug-likeness (QED) is 0.885. The second kappa shape index (κ2) is 5.51. The van der Waals surface area contributed by atoms with Gasteiger partial charge in [0.2, 0.25) is 0 Å². The van der Waals surface area contributed by atoms with Crippen LogP contribution in [0, 0.1) is 11.7 Å². The summed E-state index contributed by atoms with van der Waals surface area (Å²) in [5, 5.41) is 0. The van der Waals surface area contributed by atoms with Gasteiger partial charge in [-0.1, -0.05) is 18.9 Å². The first-order valence-corrected chi connectivity index (χ1v) is 5.29. The van der Waals surface area contributed by atoms with Crippen LogP contribution in [0.3, 0.4) is 0 Å². The maximum Gasteiger partial charge on any atom is 0.165 e. The second-order valence-electron chi connectivity index (χ2n) is 4.18. The van der Waals surface area contributed by atoms with Gasteiger partial charge in [0.05, 0.1) is 7.11 Å². The fourth-order valence-electron chi connectivity index (χ4n) is 1.76. The maximum atomic E-state index is 13.4. The highest BCUT2D eigenvalue weighted by Crippen LogP contribution is 2.37. The fourth-order valence-corrected chi connectivity index (χ4v) is 1.76. The van der Waals surface area contributed by atoms with E-state index in [9.17, 15) is 4.39 Å². The monoisotopic (exact) mass is 245 g/mol. The number of nitrogens with two attached hydrogens (primary N) is 1. The van der Waals surface area contributed by atoms with Crippen LogP contribution in [-0.4, -0.2) is 7.11 Å². The van der Waals surface area contributed by atoms with Crippen LogP contribution in [0.1, 0.15) is 30.9 Å². The van der Waals surface area contributed by atoms with Crippen molar-refractivity contribution in [1.82, 2.24) is 0 Å². The van der Waals surface area contributed by atoms with Crippen molar-refractivity contribution in [3.05, 3.63) is 29.6 Å². The van der Waals surface area contributed by atoms with Crippen LogP contribution in [-0.2, 0) is 0 Å². The van der Waals surface area contributed by atoms with Crippen LogP contribution in [0.4, 0.5) is 4.39 Å². The molecule has 0 saturated heterocycles. The molecule has 1 aromatic carbocycles. The van der Waals surface area contributed by atoms with Crippen molar-refractivity contribution in [2.24, 2.45) is 11.7 Å². The molecule has 1 fully saturated rings. The SMILES string of the molecule is COc1ccc([C@H](N)CC2CC2)cc1F.Cl. The Hall–Kier alpha value is -0.800. The van der Waals surface area contributed by atoms with E-state index in [0.717, 1.165) is 17.9 Å². The normalized spacial score (nSPS) is 16.4. The number of hydrogen-bond acceptors (Lipinski definition) is 2. The largest absolute Gasteiger partial charge is 0.494 e. The molecule has 1 atom stereocenters. The Morgan fingerprint density at radius 2 is 2.19 bits per heavy atom. The summed E-state index contributed by atoms with van der Waals surface area (Å²) in [6.45, 7) is 0. The van der Waals surface area contributed by atoms with Crippen LogP contribution in [0.25, 0.3) is 0 Å². The van der Waals surface area contributed by atoms with Crippen LogP contribution in [0.2, 0.25) is 0 Å². The summed E-state index contributed by atoms with van der Waals surface area (Å²) >= 11 is 0. The van der Waals surface area contributed by atoms with Gasteiger partial charge in [-0.05, 0) is 30.0 Å². The molecule has 4 heteroatoms. The fraction of sp³-hybridized carbons (Fsp3) is 0.500. The van der Waals surface area contributed by atoms with E-state index in [4.69, 9.17) is 10.5 Å². The predicted octanol–water partition coefficient (Wildman–Crippen LogP) is 3.06. The minimum Gasteiger partial charge on any atom is -0.494 e. The van der Waals surface area contributed by atoms with Crippen molar-refractivity contribution < 1.29 is 9.13 Å². The Labute approximate surface area is 101 Å². The van der Waals surface area contributed by atoms with Gasteiger partial charge >= 0.3 is 0 Å². The Balaban J connectivity index is 0.00000128. The van der Waals surface area contributed by atoms with Crippen molar-refractivity contribution in [1.29, 1.82) is 0 Å². The van der Waals surface area contributed by atoms with Crippen LogP contribution in [0.5, 0.6) is 5.75 Å². The molecule has 0 heterocycles. The summed E-state index contributed by atoms with van der Waals surface area (Å²) in [6, 6.07) is 4.91. The van der Waals surface area contributed by atoms with Gasteiger partial charge in [0.15, 0.2) is 11.6 Å². The molecule has 2 rings (SSSR count). The number of hydrogen-bond donors (Lipinski definition) is 1. The van der Waals surface area contributed by atoms with Gasteiger partial charge in [0.1, 0.15) is 0 Å². The van der Waals surface area contributed by atoms with E-state index in [-0.39, 0.29) is 30.0 Å². The first kappa shape index (κ1) is 13.3. The molecule has 0 bridgehead atoms. The first-order valence-electron chi connectivity index (χ1n) is 5.29. The summed E-state index contributed by atoms with van der Waals surface area (Å²) in [5.41, 5.74) is 6.85. The molecule has 2 nitrogen and oxygen atoms in total.